The molecule has 0 saturated carbocycles. The van der Waals surface area contributed by atoms with E-state index in [-0.39, 0.29) is 11.3 Å². The molecule has 15 heteroatoms. The molecule has 0 aliphatic carbocycles. The van der Waals surface area contributed by atoms with Gasteiger partial charge in [-0.2, -0.15) is 20.1 Å². The molecule has 3 aromatic rings. The van der Waals surface area contributed by atoms with E-state index in [1.807, 2.05) is 0 Å². The molecule has 0 amide bonds. The minimum atomic E-state index is -0.977. The summed E-state index contributed by atoms with van der Waals surface area (Å²) in [6.45, 7) is 3.56. The number of esters is 1. The Labute approximate surface area is 240 Å². The molecule has 0 radical (unpaired) electrons. The van der Waals surface area contributed by atoms with Crippen molar-refractivity contribution in [3.63, 3.8) is 0 Å². The molecule has 3 heterocycles. The summed E-state index contributed by atoms with van der Waals surface area (Å²) < 4.78 is 5.33. The molecule has 1 N–H and O–H groups in total. The van der Waals surface area contributed by atoms with Crippen LogP contribution < -0.4 is 20.0 Å². The number of non-ortho nitro benzene ring substituents is 2. The van der Waals surface area contributed by atoms with Crippen molar-refractivity contribution in [1.82, 2.24) is 15.0 Å². The maximum absolute atomic E-state index is 12.7. The summed E-state index contributed by atoms with van der Waals surface area (Å²) in [5.41, 5.74) is 1.96. The molecule has 0 unspecified atom stereocenters. The van der Waals surface area contributed by atoms with E-state index < -0.39 is 27.2 Å². The predicted molar refractivity (Wildman–Crippen MR) is 154 cm³/mol. The standard InChI is InChI=1S/C27H29N9O6/c37-24(20-15-21(35(38)39)17-22(16-20)36(40)41)42-23-9-7-8-19(14-23)18-28-32-25-29-26(33-10-3-1-4-11-33)31-27(30-25)34-12-5-2-6-13-34/h7-9,14-18H,1-6,10-13H2,(H,29,30,31,32)/b28-18-. The van der Waals surface area contributed by atoms with Crippen molar-refractivity contribution < 1.29 is 19.4 Å². The Morgan fingerprint density at radius 1 is 0.833 bits per heavy atom. The third kappa shape index (κ3) is 7.10. The Bertz CT molecular complexity index is 1430. The van der Waals surface area contributed by atoms with Gasteiger partial charge in [0, 0.05) is 38.3 Å². The van der Waals surface area contributed by atoms with Crippen LogP contribution in [0.25, 0.3) is 0 Å². The first kappa shape index (κ1) is 28.3. The van der Waals surface area contributed by atoms with Gasteiger partial charge in [-0.1, -0.05) is 12.1 Å². The lowest BCUT2D eigenvalue weighted by Gasteiger charge is -2.30. The lowest BCUT2D eigenvalue weighted by atomic mass is 10.1. The van der Waals surface area contributed by atoms with E-state index in [9.17, 15) is 25.0 Å². The number of anilines is 3. The summed E-state index contributed by atoms with van der Waals surface area (Å²) in [5, 5.41) is 26.6. The highest BCUT2D eigenvalue weighted by atomic mass is 16.6. The van der Waals surface area contributed by atoms with Gasteiger partial charge in [-0.25, -0.2) is 10.2 Å². The number of rotatable bonds is 9. The Balaban J connectivity index is 1.30. The van der Waals surface area contributed by atoms with Gasteiger partial charge >= 0.3 is 5.97 Å². The zero-order chi connectivity index (χ0) is 29.5. The zero-order valence-corrected chi connectivity index (χ0v) is 22.7. The Morgan fingerprint density at radius 3 is 1.95 bits per heavy atom. The molecule has 0 bridgehead atoms. The van der Waals surface area contributed by atoms with Gasteiger partial charge in [0.1, 0.15) is 5.75 Å². The van der Waals surface area contributed by atoms with Crippen molar-refractivity contribution in [2.75, 3.05) is 41.4 Å². The lowest BCUT2D eigenvalue weighted by Crippen LogP contribution is -2.34. The first-order valence-electron chi connectivity index (χ1n) is 13.7. The van der Waals surface area contributed by atoms with Crippen LogP contribution in [-0.4, -0.2) is 63.2 Å². The van der Waals surface area contributed by atoms with Crippen LogP contribution in [0.15, 0.2) is 47.6 Å². The fourth-order valence-corrected chi connectivity index (χ4v) is 4.79. The maximum atomic E-state index is 12.7. The normalized spacial score (nSPS) is 15.4. The van der Waals surface area contributed by atoms with E-state index >= 15 is 0 Å². The summed E-state index contributed by atoms with van der Waals surface area (Å²) in [7, 11) is 0. The van der Waals surface area contributed by atoms with E-state index in [0.717, 1.165) is 70.1 Å². The van der Waals surface area contributed by atoms with Crippen LogP contribution in [0.4, 0.5) is 29.2 Å². The first-order valence-corrected chi connectivity index (χ1v) is 13.7. The molecule has 2 aliphatic rings. The summed E-state index contributed by atoms with van der Waals surface area (Å²) in [6.07, 6.45) is 8.23. The van der Waals surface area contributed by atoms with Gasteiger partial charge in [-0.05, 0) is 56.2 Å². The number of nitro groups is 2. The van der Waals surface area contributed by atoms with E-state index in [1.165, 1.54) is 31.2 Å². The van der Waals surface area contributed by atoms with Gasteiger partial charge < -0.3 is 14.5 Å². The fraction of sp³-hybridized carbons (Fsp3) is 0.370. The third-order valence-corrected chi connectivity index (χ3v) is 6.90. The molecule has 2 aromatic carbocycles. The quantitative estimate of drug-likeness (QED) is 0.125. The maximum Gasteiger partial charge on any atom is 0.344 e. The van der Waals surface area contributed by atoms with Crippen molar-refractivity contribution in [2.24, 2.45) is 5.10 Å². The summed E-state index contributed by atoms with van der Waals surface area (Å²) >= 11 is 0. The second kappa shape index (κ2) is 13.0. The van der Waals surface area contributed by atoms with Crippen molar-refractivity contribution >= 4 is 41.4 Å². The van der Waals surface area contributed by atoms with Crippen LogP contribution in [0, 0.1) is 20.2 Å². The summed E-state index contributed by atoms with van der Waals surface area (Å²) in [5.74, 6) is 0.710. The van der Waals surface area contributed by atoms with Crippen LogP contribution >= 0.6 is 0 Å². The molecular formula is C27H29N9O6. The molecule has 218 valence electrons. The monoisotopic (exact) mass is 575 g/mol. The highest BCUT2D eigenvalue weighted by molar-refractivity contribution is 5.93. The number of carbonyl (C=O) groups excluding carboxylic acids is 1. The highest BCUT2D eigenvalue weighted by Crippen LogP contribution is 2.25. The zero-order valence-electron chi connectivity index (χ0n) is 22.7. The predicted octanol–water partition coefficient (Wildman–Crippen LogP) is 4.33. The van der Waals surface area contributed by atoms with Crippen LogP contribution in [0.2, 0.25) is 0 Å². The van der Waals surface area contributed by atoms with Gasteiger partial charge in [0.25, 0.3) is 11.4 Å². The van der Waals surface area contributed by atoms with E-state index in [2.05, 4.69) is 30.3 Å². The number of ether oxygens (including phenoxy) is 1. The molecular weight excluding hydrogens is 546 g/mol. The van der Waals surface area contributed by atoms with Gasteiger partial charge in [-0.3, -0.25) is 20.2 Å². The minimum Gasteiger partial charge on any atom is -0.423 e. The van der Waals surface area contributed by atoms with Crippen LogP contribution in [-0.2, 0) is 0 Å². The number of hydrogen-bond donors (Lipinski definition) is 1. The largest absolute Gasteiger partial charge is 0.423 e. The molecule has 42 heavy (non-hydrogen) atoms. The van der Waals surface area contributed by atoms with Crippen molar-refractivity contribution in [3.8, 4) is 5.75 Å². The average Bonchev–Trinajstić information content (AvgIpc) is 3.01. The molecule has 15 nitrogen and oxygen atoms in total. The number of nitrogens with zero attached hydrogens (tertiary/aromatic N) is 8. The SMILES string of the molecule is O=C(Oc1cccc(/C=N\Nc2nc(N3CCCCC3)nc(N3CCCCC3)n2)c1)c1cc([N+](=O)[O-])cc([N+](=O)[O-])c1. The Morgan fingerprint density at radius 2 is 1.40 bits per heavy atom. The van der Waals surface area contributed by atoms with Gasteiger partial charge in [0.15, 0.2) is 0 Å². The Hall–Kier alpha value is -5.21. The minimum absolute atomic E-state index is 0.123. The number of nitro benzene ring substituents is 2. The number of hydrazone groups is 1. The van der Waals surface area contributed by atoms with Gasteiger partial charge in [0.05, 0.1) is 27.7 Å². The number of nitrogens with one attached hydrogen (secondary N) is 1. The molecule has 1 aromatic heterocycles. The van der Waals surface area contributed by atoms with Crippen molar-refractivity contribution in [1.29, 1.82) is 0 Å². The van der Waals surface area contributed by atoms with Crippen molar-refractivity contribution in [2.45, 2.75) is 38.5 Å². The van der Waals surface area contributed by atoms with Gasteiger partial charge in [-0.15, -0.1) is 0 Å². The number of benzene rings is 2. The number of hydrogen-bond acceptors (Lipinski definition) is 13. The Kier molecular flexibility index (Phi) is 8.75. The molecule has 5 rings (SSSR count). The molecule has 2 aliphatic heterocycles. The van der Waals surface area contributed by atoms with Gasteiger partial charge in [0.2, 0.25) is 17.8 Å². The second-order valence-electron chi connectivity index (χ2n) is 9.94. The van der Waals surface area contributed by atoms with E-state index in [1.54, 1.807) is 12.1 Å². The third-order valence-electron chi connectivity index (χ3n) is 6.90. The van der Waals surface area contributed by atoms with Crippen LogP contribution in [0.1, 0.15) is 54.4 Å². The molecule has 2 fully saturated rings. The van der Waals surface area contributed by atoms with Crippen LogP contribution in [0.5, 0.6) is 5.75 Å². The molecule has 0 spiro atoms. The number of aromatic nitrogens is 3. The average molecular weight is 576 g/mol. The second-order valence-corrected chi connectivity index (χ2v) is 9.94. The fourth-order valence-electron chi connectivity index (χ4n) is 4.79. The topological polar surface area (TPSA) is 182 Å². The van der Waals surface area contributed by atoms with E-state index in [4.69, 9.17) is 9.72 Å². The highest BCUT2D eigenvalue weighted by Gasteiger charge is 2.22. The molecule has 0 atom stereocenters. The number of piperidine rings is 2. The first-order chi connectivity index (χ1) is 20.4. The van der Waals surface area contributed by atoms with Crippen LogP contribution in [0.3, 0.4) is 0 Å². The van der Waals surface area contributed by atoms with E-state index in [0.29, 0.717) is 23.4 Å². The van der Waals surface area contributed by atoms with Crippen molar-refractivity contribution in [3.05, 3.63) is 73.8 Å². The molecule has 2 saturated heterocycles. The number of carbonyl (C=O) groups is 1. The lowest BCUT2D eigenvalue weighted by molar-refractivity contribution is -0.394. The smallest absolute Gasteiger partial charge is 0.344 e. The summed E-state index contributed by atoms with van der Waals surface area (Å²) in [6, 6.07) is 9.03. The summed E-state index contributed by atoms with van der Waals surface area (Å²) in [4.78, 5) is 51.6.